The smallest absolute Gasteiger partial charge is 0.308 e. The van der Waals surface area contributed by atoms with E-state index in [0.717, 1.165) is 0 Å². The minimum absolute atomic E-state index is 0.0881. The van der Waals surface area contributed by atoms with Gasteiger partial charge >= 0.3 is 5.97 Å². The Hall–Kier alpha value is -1.49. The molecule has 1 heterocycles. The number of carboxylic acids is 1. The maximum absolute atomic E-state index is 11.4. The number of H-pyrrole nitrogens is 1. The SMILES string of the molecule is C[C@@H](CNC(=O)c1cc(Cl)c[nH]1)C(=O)O. The predicted octanol–water partition coefficient (Wildman–Crippen LogP) is 1.12. The number of amides is 1. The fourth-order valence-electron chi connectivity index (χ4n) is 0.927. The number of carbonyl (C=O) groups is 2. The van der Waals surface area contributed by atoms with Gasteiger partial charge in [-0.3, -0.25) is 9.59 Å². The van der Waals surface area contributed by atoms with Gasteiger partial charge in [0.05, 0.1) is 10.9 Å². The fraction of sp³-hybridized carbons (Fsp3) is 0.333. The highest BCUT2D eigenvalue weighted by Crippen LogP contribution is 2.09. The zero-order valence-corrected chi connectivity index (χ0v) is 8.84. The molecule has 3 N–H and O–H groups in total. The zero-order chi connectivity index (χ0) is 11.4. The number of halogens is 1. The number of aromatic amines is 1. The molecule has 0 saturated heterocycles. The quantitative estimate of drug-likeness (QED) is 0.725. The Morgan fingerprint density at radius 3 is 2.80 bits per heavy atom. The average molecular weight is 231 g/mol. The van der Waals surface area contributed by atoms with Crippen molar-refractivity contribution in [3.05, 3.63) is 23.0 Å². The molecule has 0 spiro atoms. The first-order chi connectivity index (χ1) is 7.00. The molecule has 0 radical (unpaired) electrons. The van der Waals surface area contributed by atoms with Crippen molar-refractivity contribution in [2.24, 2.45) is 5.92 Å². The second-order valence-electron chi connectivity index (χ2n) is 3.18. The molecule has 1 atom stereocenters. The highest BCUT2D eigenvalue weighted by Gasteiger charge is 2.13. The van der Waals surface area contributed by atoms with Crippen LogP contribution in [0.1, 0.15) is 17.4 Å². The number of aromatic nitrogens is 1. The van der Waals surface area contributed by atoms with E-state index in [2.05, 4.69) is 10.3 Å². The normalized spacial score (nSPS) is 12.1. The maximum atomic E-state index is 11.4. The van der Waals surface area contributed by atoms with E-state index in [1.807, 2.05) is 0 Å². The van der Waals surface area contributed by atoms with Gasteiger partial charge in [0.1, 0.15) is 5.69 Å². The molecule has 1 rings (SSSR count). The number of hydrogen-bond acceptors (Lipinski definition) is 2. The Morgan fingerprint density at radius 2 is 2.33 bits per heavy atom. The molecule has 0 fully saturated rings. The van der Waals surface area contributed by atoms with E-state index in [1.165, 1.54) is 19.2 Å². The summed E-state index contributed by atoms with van der Waals surface area (Å²) < 4.78 is 0. The van der Waals surface area contributed by atoms with Gasteiger partial charge in [-0.25, -0.2) is 0 Å². The fourth-order valence-corrected chi connectivity index (χ4v) is 1.09. The number of carbonyl (C=O) groups excluding carboxylic acids is 1. The molecular formula is C9H11ClN2O3. The van der Waals surface area contributed by atoms with Gasteiger partial charge < -0.3 is 15.4 Å². The van der Waals surface area contributed by atoms with Gasteiger partial charge in [0.25, 0.3) is 5.91 Å². The standard InChI is InChI=1S/C9H11ClN2O3/c1-5(9(14)15)3-12-8(13)7-2-6(10)4-11-7/h2,4-5,11H,3H2,1H3,(H,12,13)(H,14,15)/t5-/m0/s1. The summed E-state index contributed by atoms with van der Waals surface area (Å²) in [6, 6.07) is 1.47. The summed E-state index contributed by atoms with van der Waals surface area (Å²) in [5, 5.41) is 11.5. The van der Waals surface area contributed by atoms with Gasteiger partial charge in [0.2, 0.25) is 0 Å². The van der Waals surface area contributed by atoms with E-state index in [-0.39, 0.29) is 12.5 Å². The lowest BCUT2D eigenvalue weighted by atomic mass is 10.2. The Labute approximate surface area is 91.4 Å². The Morgan fingerprint density at radius 1 is 1.67 bits per heavy atom. The Balaban J connectivity index is 2.47. The van der Waals surface area contributed by atoms with Gasteiger partial charge in [-0.15, -0.1) is 0 Å². The van der Waals surface area contributed by atoms with Crippen molar-refractivity contribution in [2.75, 3.05) is 6.54 Å². The van der Waals surface area contributed by atoms with Crippen LogP contribution in [0.3, 0.4) is 0 Å². The largest absolute Gasteiger partial charge is 0.481 e. The number of carboxylic acid groups (broad SMARTS) is 1. The first-order valence-corrected chi connectivity index (χ1v) is 4.73. The summed E-state index contributed by atoms with van der Waals surface area (Å²) in [6.45, 7) is 1.61. The van der Waals surface area contributed by atoms with E-state index in [0.29, 0.717) is 10.7 Å². The van der Waals surface area contributed by atoms with E-state index in [4.69, 9.17) is 16.7 Å². The van der Waals surface area contributed by atoms with Crippen LogP contribution in [0.5, 0.6) is 0 Å². The van der Waals surface area contributed by atoms with Crippen molar-refractivity contribution in [2.45, 2.75) is 6.92 Å². The van der Waals surface area contributed by atoms with Crippen LogP contribution in [-0.2, 0) is 4.79 Å². The highest BCUT2D eigenvalue weighted by atomic mass is 35.5. The van der Waals surface area contributed by atoms with E-state index < -0.39 is 11.9 Å². The first kappa shape index (κ1) is 11.6. The zero-order valence-electron chi connectivity index (χ0n) is 8.08. The molecule has 0 aliphatic heterocycles. The molecular weight excluding hydrogens is 220 g/mol. The minimum Gasteiger partial charge on any atom is -0.481 e. The van der Waals surface area contributed by atoms with Gasteiger partial charge in [-0.2, -0.15) is 0 Å². The van der Waals surface area contributed by atoms with Crippen molar-refractivity contribution in [1.29, 1.82) is 0 Å². The maximum Gasteiger partial charge on any atom is 0.308 e. The molecule has 15 heavy (non-hydrogen) atoms. The summed E-state index contributed by atoms with van der Waals surface area (Å²) >= 11 is 5.61. The predicted molar refractivity (Wildman–Crippen MR) is 54.9 cm³/mol. The van der Waals surface area contributed by atoms with Crippen molar-refractivity contribution >= 4 is 23.5 Å². The van der Waals surface area contributed by atoms with Crippen LogP contribution in [0.25, 0.3) is 0 Å². The lowest BCUT2D eigenvalue weighted by molar-refractivity contribution is -0.140. The summed E-state index contributed by atoms with van der Waals surface area (Å²) in [6.07, 6.45) is 1.48. The van der Waals surface area contributed by atoms with Crippen LogP contribution in [0, 0.1) is 5.92 Å². The molecule has 6 heteroatoms. The molecule has 0 aliphatic rings. The lowest BCUT2D eigenvalue weighted by Crippen LogP contribution is -2.31. The van der Waals surface area contributed by atoms with E-state index in [9.17, 15) is 9.59 Å². The molecule has 0 saturated carbocycles. The van der Waals surface area contributed by atoms with Gasteiger partial charge in [-0.1, -0.05) is 18.5 Å². The summed E-state index contributed by atoms with van der Waals surface area (Å²) in [5.41, 5.74) is 0.317. The molecule has 0 bridgehead atoms. The molecule has 0 aromatic carbocycles. The second kappa shape index (κ2) is 4.84. The summed E-state index contributed by atoms with van der Waals surface area (Å²) in [7, 11) is 0. The van der Waals surface area contributed by atoms with Crippen LogP contribution in [0.4, 0.5) is 0 Å². The van der Waals surface area contributed by atoms with Crippen molar-refractivity contribution in [1.82, 2.24) is 10.3 Å². The average Bonchev–Trinajstić information content (AvgIpc) is 2.60. The molecule has 1 aromatic heterocycles. The van der Waals surface area contributed by atoms with Gasteiger partial charge in [-0.05, 0) is 6.07 Å². The van der Waals surface area contributed by atoms with E-state index in [1.54, 1.807) is 0 Å². The minimum atomic E-state index is -0.945. The van der Waals surface area contributed by atoms with Crippen LogP contribution in [0.15, 0.2) is 12.3 Å². The van der Waals surface area contributed by atoms with Crippen LogP contribution >= 0.6 is 11.6 Å². The first-order valence-electron chi connectivity index (χ1n) is 4.35. The van der Waals surface area contributed by atoms with Crippen LogP contribution in [-0.4, -0.2) is 28.5 Å². The summed E-state index contributed by atoms with van der Waals surface area (Å²) in [4.78, 5) is 24.5. The molecule has 0 aliphatic carbocycles. The Kier molecular flexibility index (Phi) is 3.74. The number of nitrogens with one attached hydrogen (secondary N) is 2. The number of hydrogen-bond donors (Lipinski definition) is 3. The van der Waals surface area contributed by atoms with Crippen molar-refractivity contribution < 1.29 is 14.7 Å². The second-order valence-corrected chi connectivity index (χ2v) is 3.62. The third-order valence-electron chi connectivity index (χ3n) is 1.88. The summed E-state index contributed by atoms with van der Waals surface area (Å²) in [5.74, 6) is -1.92. The van der Waals surface area contributed by atoms with Crippen molar-refractivity contribution in [3.63, 3.8) is 0 Å². The third kappa shape index (κ3) is 3.28. The number of rotatable bonds is 4. The highest BCUT2D eigenvalue weighted by molar-refractivity contribution is 6.30. The Bertz CT molecular complexity index is 375. The molecule has 0 unspecified atom stereocenters. The van der Waals surface area contributed by atoms with Crippen LogP contribution in [0.2, 0.25) is 5.02 Å². The third-order valence-corrected chi connectivity index (χ3v) is 2.10. The molecule has 1 aromatic rings. The molecule has 1 amide bonds. The van der Waals surface area contributed by atoms with Crippen molar-refractivity contribution in [3.8, 4) is 0 Å². The lowest BCUT2D eigenvalue weighted by Gasteiger charge is -2.06. The van der Waals surface area contributed by atoms with Gasteiger partial charge in [0, 0.05) is 12.7 Å². The molecule has 5 nitrogen and oxygen atoms in total. The molecule has 82 valence electrons. The van der Waals surface area contributed by atoms with Gasteiger partial charge in [0.15, 0.2) is 0 Å². The van der Waals surface area contributed by atoms with E-state index >= 15 is 0 Å². The topological polar surface area (TPSA) is 82.2 Å². The number of aliphatic carboxylic acids is 1. The monoisotopic (exact) mass is 230 g/mol. The van der Waals surface area contributed by atoms with Crippen LogP contribution < -0.4 is 5.32 Å².